The molecular formula is C18H20ClNO4. The average molecular weight is 350 g/mol. The highest BCUT2D eigenvalue weighted by Crippen LogP contribution is 2.15. The number of ether oxygens (including phenoxy) is 2. The van der Waals surface area contributed by atoms with Gasteiger partial charge in [0.15, 0.2) is 0 Å². The van der Waals surface area contributed by atoms with Crippen LogP contribution in [0.4, 0.5) is 0 Å². The Labute approximate surface area is 146 Å². The molecule has 2 rings (SSSR count). The summed E-state index contributed by atoms with van der Waals surface area (Å²) in [6.07, 6.45) is 0.818. The van der Waals surface area contributed by atoms with Gasteiger partial charge >= 0.3 is 5.97 Å². The van der Waals surface area contributed by atoms with E-state index in [0.29, 0.717) is 24.0 Å². The second-order valence-corrected chi connectivity index (χ2v) is 5.52. The summed E-state index contributed by atoms with van der Waals surface area (Å²) < 4.78 is 11.1. The van der Waals surface area contributed by atoms with Gasteiger partial charge in [-0.1, -0.05) is 17.7 Å². The number of carboxylic acid groups (broad SMARTS) is 1. The van der Waals surface area contributed by atoms with Crippen molar-refractivity contribution < 1.29 is 19.4 Å². The molecule has 0 unspecified atom stereocenters. The van der Waals surface area contributed by atoms with E-state index in [-0.39, 0.29) is 5.56 Å². The fourth-order valence-corrected chi connectivity index (χ4v) is 2.13. The van der Waals surface area contributed by atoms with Crippen molar-refractivity contribution in [2.45, 2.75) is 6.42 Å². The molecule has 6 heteroatoms. The van der Waals surface area contributed by atoms with Gasteiger partial charge in [0.05, 0.1) is 12.2 Å². The number of hydrogen-bond acceptors (Lipinski definition) is 4. The normalized spacial score (nSPS) is 10.4. The van der Waals surface area contributed by atoms with Crippen LogP contribution in [0.3, 0.4) is 0 Å². The van der Waals surface area contributed by atoms with Gasteiger partial charge in [0.2, 0.25) is 0 Å². The predicted molar refractivity (Wildman–Crippen MR) is 93.3 cm³/mol. The Hall–Kier alpha value is -2.24. The van der Waals surface area contributed by atoms with E-state index in [4.69, 9.17) is 26.2 Å². The molecule has 0 saturated carbocycles. The van der Waals surface area contributed by atoms with E-state index in [0.717, 1.165) is 25.3 Å². The highest BCUT2D eigenvalue weighted by atomic mass is 35.5. The first-order chi connectivity index (χ1) is 11.6. The molecule has 0 atom stereocenters. The Kier molecular flexibility index (Phi) is 7.39. The molecule has 0 heterocycles. The molecule has 2 aromatic carbocycles. The zero-order valence-corrected chi connectivity index (χ0v) is 14.0. The van der Waals surface area contributed by atoms with Crippen molar-refractivity contribution in [2.24, 2.45) is 0 Å². The van der Waals surface area contributed by atoms with Crippen molar-refractivity contribution in [1.82, 2.24) is 5.32 Å². The second kappa shape index (κ2) is 9.80. The highest BCUT2D eigenvalue weighted by molar-refractivity contribution is 6.30. The summed E-state index contributed by atoms with van der Waals surface area (Å²) >= 11 is 5.80. The maximum Gasteiger partial charge on any atom is 0.335 e. The van der Waals surface area contributed by atoms with E-state index in [9.17, 15) is 4.79 Å². The predicted octanol–water partition coefficient (Wildman–Crippen LogP) is 3.48. The number of aromatic carboxylic acids is 1. The Morgan fingerprint density at radius 2 is 1.75 bits per heavy atom. The van der Waals surface area contributed by atoms with Crippen LogP contribution in [0.1, 0.15) is 16.8 Å². The molecule has 0 aliphatic rings. The van der Waals surface area contributed by atoms with Crippen LogP contribution in [0, 0.1) is 0 Å². The lowest BCUT2D eigenvalue weighted by atomic mass is 10.2. The highest BCUT2D eigenvalue weighted by Gasteiger charge is 2.03. The summed E-state index contributed by atoms with van der Waals surface area (Å²) in [6, 6.07) is 13.7. The molecular weight excluding hydrogens is 330 g/mol. The first kappa shape index (κ1) is 18.1. The molecule has 0 aliphatic heterocycles. The number of carboxylic acids is 1. The summed E-state index contributed by atoms with van der Waals surface area (Å²) in [4.78, 5) is 10.9. The molecule has 0 spiro atoms. The summed E-state index contributed by atoms with van der Waals surface area (Å²) in [6.45, 7) is 2.62. The van der Waals surface area contributed by atoms with Gasteiger partial charge in [0.25, 0.3) is 0 Å². The van der Waals surface area contributed by atoms with Crippen LogP contribution in [0.2, 0.25) is 5.02 Å². The summed E-state index contributed by atoms with van der Waals surface area (Å²) in [5, 5.41) is 12.9. The first-order valence-corrected chi connectivity index (χ1v) is 8.08. The first-order valence-electron chi connectivity index (χ1n) is 7.70. The summed E-state index contributed by atoms with van der Waals surface area (Å²) in [5.41, 5.74) is 0.227. The molecule has 2 aromatic rings. The lowest BCUT2D eigenvalue weighted by Crippen LogP contribution is -2.23. The monoisotopic (exact) mass is 349 g/mol. The van der Waals surface area contributed by atoms with E-state index < -0.39 is 5.97 Å². The lowest BCUT2D eigenvalue weighted by molar-refractivity contribution is 0.0696. The molecule has 0 radical (unpaired) electrons. The van der Waals surface area contributed by atoms with E-state index in [1.807, 2.05) is 12.1 Å². The van der Waals surface area contributed by atoms with Gasteiger partial charge in [0, 0.05) is 11.6 Å². The summed E-state index contributed by atoms with van der Waals surface area (Å²) in [7, 11) is 0. The van der Waals surface area contributed by atoms with Crippen LogP contribution in [-0.4, -0.2) is 37.4 Å². The Bertz CT molecular complexity index is 646. The number of carbonyl (C=O) groups is 1. The zero-order chi connectivity index (χ0) is 17.2. The van der Waals surface area contributed by atoms with Crippen LogP contribution < -0.4 is 14.8 Å². The fraction of sp³-hybridized carbons (Fsp3) is 0.278. The van der Waals surface area contributed by atoms with Gasteiger partial charge in [-0.3, -0.25) is 0 Å². The average Bonchev–Trinajstić information content (AvgIpc) is 2.59. The van der Waals surface area contributed by atoms with Gasteiger partial charge in [-0.25, -0.2) is 4.79 Å². The molecule has 128 valence electrons. The van der Waals surface area contributed by atoms with Crippen LogP contribution in [0.25, 0.3) is 0 Å². The zero-order valence-electron chi connectivity index (χ0n) is 13.2. The van der Waals surface area contributed by atoms with Gasteiger partial charge in [-0.05, 0) is 55.4 Å². The van der Waals surface area contributed by atoms with Gasteiger partial charge < -0.3 is 19.9 Å². The molecule has 0 saturated heterocycles. The third-order valence-electron chi connectivity index (χ3n) is 3.21. The molecule has 2 N–H and O–H groups in total. The molecule has 0 amide bonds. The Morgan fingerprint density at radius 1 is 1.00 bits per heavy atom. The van der Waals surface area contributed by atoms with E-state index >= 15 is 0 Å². The van der Waals surface area contributed by atoms with Crippen molar-refractivity contribution >= 4 is 17.6 Å². The second-order valence-electron chi connectivity index (χ2n) is 5.09. The lowest BCUT2D eigenvalue weighted by Gasteiger charge is -2.09. The van der Waals surface area contributed by atoms with Gasteiger partial charge in [0.1, 0.15) is 18.1 Å². The molecule has 0 aliphatic carbocycles. The fourth-order valence-electron chi connectivity index (χ4n) is 2.00. The minimum Gasteiger partial charge on any atom is -0.494 e. The van der Waals surface area contributed by atoms with Gasteiger partial charge in [-0.2, -0.15) is 0 Å². The quantitative estimate of drug-likeness (QED) is 0.643. The number of benzene rings is 2. The Balaban J connectivity index is 1.53. The van der Waals surface area contributed by atoms with Gasteiger partial charge in [-0.15, -0.1) is 0 Å². The number of hydrogen-bond donors (Lipinski definition) is 2. The minimum atomic E-state index is -0.956. The number of rotatable bonds is 10. The van der Waals surface area contributed by atoms with Crippen LogP contribution in [0.5, 0.6) is 11.5 Å². The van der Waals surface area contributed by atoms with Crippen molar-refractivity contribution in [3.05, 3.63) is 59.1 Å². The third-order valence-corrected chi connectivity index (χ3v) is 3.46. The van der Waals surface area contributed by atoms with Crippen LogP contribution in [0.15, 0.2) is 48.5 Å². The molecule has 0 fully saturated rings. The van der Waals surface area contributed by atoms with Crippen molar-refractivity contribution in [3.63, 3.8) is 0 Å². The van der Waals surface area contributed by atoms with Crippen molar-refractivity contribution in [3.8, 4) is 11.5 Å². The molecule has 0 bridgehead atoms. The van der Waals surface area contributed by atoms with Crippen molar-refractivity contribution in [2.75, 3.05) is 26.3 Å². The third kappa shape index (κ3) is 6.48. The van der Waals surface area contributed by atoms with E-state index in [1.165, 1.54) is 12.1 Å². The van der Waals surface area contributed by atoms with Crippen LogP contribution >= 0.6 is 11.6 Å². The van der Waals surface area contributed by atoms with Crippen molar-refractivity contribution in [1.29, 1.82) is 0 Å². The number of nitrogens with one attached hydrogen (secondary N) is 1. The largest absolute Gasteiger partial charge is 0.494 e. The topological polar surface area (TPSA) is 67.8 Å². The van der Waals surface area contributed by atoms with E-state index in [2.05, 4.69) is 5.32 Å². The molecule has 5 nitrogen and oxygen atoms in total. The maximum atomic E-state index is 10.9. The minimum absolute atomic E-state index is 0.227. The smallest absolute Gasteiger partial charge is 0.335 e. The SMILES string of the molecule is O=C(O)c1cccc(OCCCNCCOc2ccc(Cl)cc2)c1. The van der Waals surface area contributed by atoms with E-state index in [1.54, 1.807) is 24.3 Å². The standard InChI is InChI=1S/C18H20ClNO4/c19-15-5-7-16(8-6-15)24-12-10-20-9-2-11-23-17-4-1-3-14(13-17)18(21)22/h1,3-8,13,20H,2,9-12H2,(H,21,22). The number of halogens is 1. The maximum absolute atomic E-state index is 10.9. The summed E-state index contributed by atoms with van der Waals surface area (Å²) in [5.74, 6) is 0.409. The van der Waals surface area contributed by atoms with Crippen LogP contribution in [-0.2, 0) is 0 Å². The molecule has 0 aromatic heterocycles. The molecule has 24 heavy (non-hydrogen) atoms. The Morgan fingerprint density at radius 3 is 2.50 bits per heavy atom.